The van der Waals surface area contributed by atoms with Crippen LogP contribution in [0.15, 0.2) is 42.6 Å². The molecule has 0 saturated heterocycles. The Labute approximate surface area is 164 Å². The van der Waals surface area contributed by atoms with Crippen molar-refractivity contribution in [3.63, 3.8) is 0 Å². The minimum atomic E-state index is -0.679. The summed E-state index contributed by atoms with van der Waals surface area (Å²) in [5, 5.41) is 15.6. The molecule has 1 aliphatic rings. The number of halogens is 2. The smallest absolute Gasteiger partial charge is 0.173 e. The first-order valence-corrected chi connectivity index (χ1v) is 8.66. The van der Waals surface area contributed by atoms with Crippen LogP contribution in [-0.4, -0.2) is 22.2 Å². The molecule has 3 aromatic rings. The van der Waals surface area contributed by atoms with Crippen molar-refractivity contribution < 1.29 is 19.1 Å². The van der Waals surface area contributed by atoms with Gasteiger partial charge in [0.2, 0.25) is 0 Å². The maximum atomic E-state index is 14.2. The number of phenolic OH excluding ortho intramolecular Hbond substituents is 1. The van der Waals surface area contributed by atoms with Crippen LogP contribution < -0.4 is 10.6 Å². The Bertz CT molecular complexity index is 1130. The Morgan fingerprint density at radius 1 is 1.21 bits per heavy atom. The second-order valence-corrected chi connectivity index (χ2v) is 6.66. The molecule has 0 aliphatic carbocycles. The number of carbonyl (C=O) groups is 2. The van der Waals surface area contributed by atoms with Crippen molar-refractivity contribution in [1.82, 2.24) is 4.98 Å². The van der Waals surface area contributed by atoms with Gasteiger partial charge in [0.25, 0.3) is 0 Å². The van der Waals surface area contributed by atoms with Gasteiger partial charge in [-0.05, 0) is 35.9 Å². The van der Waals surface area contributed by atoms with Gasteiger partial charge in [-0.15, -0.1) is 0 Å². The van der Waals surface area contributed by atoms with Gasteiger partial charge in [0, 0.05) is 29.9 Å². The zero-order valence-electron chi connectivity index (χ0n) is 14.3. The third-order valence-corrected chi connectivity index (χ3v) is 4.71. The zero-order chi connectivity index (χ0) is 19.8. The van der Waals surface area contributed by atoms with Crippen LogP contribution >= 0.6 is 11.6 Å². The molecule has 3 N–H and O–H groups in total. The summed E-state index contributed by atoms with van der Waals surface area (Å²) >= 11 is 5.71. The summed E-state index contributed by atoms with van der Waals surface area (Å²) in [6.45, 7) is 0. The number of carbonyl (C=O) groups excluding carboxylic acids is 2. The Morgan fingerprint density at radius 2 is 2.04 bits per heavy atom. The molecular weight excluding hydrogens is 385 g/mol. The number of hydrogen-bond donors (Lipinski definition) is 3. The number of nitrogens with one attached hydrogen (secondary N) is 2. The van der Waals surface area contributed by atoms with Crippen molar-refractivity contribution in [1.29, 1.82) is 0 Å². The van der Waals surface area contributed by atoms with Crippen molar-refractivity contribution in [2.45, 2.75) is 6.42 Å². The molecule has 4 rings (SSSR count). The van der Waals surface area contributed by atoms with Crippen molar-refractivity contribution in [2.24, 2.45) is 0 Å². The summed E-state index contributed by atoms with van der Waals surface area (Å²) in [6, 6.07) is 8.65. The monoisotopic (exact) mass is 397 g/mol. The number of aromatic hydroxyl groups is 1. The lowest BCUT2D eigenvalue weighted by molar-refractivity contribution is 0.0994. The van der Waals surface area contributed by atoms with Crippen LogP contribution in [0.25, 0.3) is 0 Å². The molecule has 0 fully saturated rings. The predicted molar refractivity (Wildman–Crippen MR) is 104 cm³/mol. The van der Waals surface area contributed by atoms with Crippen molar-refractivity contribution >= 4 is 46.6 Å². The third kappa shape index (κ3) is 3.16. The molecule has 1 aromatic heterocycles. The molecule has 8 heteroatoms. The molecule has 6 nitrogen and oxygen atoms in total. The fourth-order valence-corrected chi connectivity index (χ4v) is 3.22. The van der Waals surface area contributed by atoms with Crippen LogP contribution in [0.3, 0.4) is 0 Å². The van der Waals surface area contributed by atoms with Gasteiger partial charge < -0.3 is 15.7 Å². The molecule has 0 bridgehead atoms. The molecule has 28 heavy (non-hydrogen) atoms. The molecule has 0 amide bonds. The standard InChI is InChI=1S/C20H13ClFN3O3/c21-12-7-13(22)16(8-17(12)27)24-15-3-4-23-20-19(15)18(28)6-11-5-10(9-26)1-2-14(11)25-20/h1-5,7-9,27H,6H2,(H2,23,24,25). The summed E-state index contributed by atoms with van der Waals surface area (Å²) in [7, 11) is 0. The van der Waals surface area contributed by atoms with Gasteiger partial charge in [0.05, 0.1) is 22.0 Å². The number of anilines is 4. The van der Waals surface area contributed by atoms with Crippen LogP contribution in [-0.2, 0) is 6.42 Å². The number of hydrogen-bond acceptors (Lipinski definition) is 6. The average molecular weight is 398 g/mol. The minimum absolute atomic E-state index is 0.0342. The van der Waals surface area contributed by atoms with E-state index < -0.39 is 5.82 Å². The van der Waals surface area contributed by atoms with Crippen LogP contribution in [0.1, 0.15) is 26.3 Å². The van der Waals surface area contributed by atoms with Crippen LogP contribution in [0.2, 0.25) is 5.02 Å². The van der Waals surface area contributed by atoms with Crippen molar-refractivity contribution in [3.05, 3.63) is 70.1 Å². The quantitative estimate of drug-likeness (QED) is 0.559. The van der Waals surface area contributed by atoms with Gasteiger partial charge in [-0.1, -0.05) is 11.6 Å². The van der Waals surface area contributed by atoms with Gasteiger partial charge >= 0.3 is 0 Å². The third-order valence-electron chi connectivity index (χ3n) is 4.41. The topological polar surface area (TPSA) is 91.3 Å². The molecular formula is C20H13ClFN3O3. The van der Waals surface area contributed by atoms with E-state index in [4.69, 9.17) is 11.6 Å². The molecule has 0 saturated carbocycles. The highest BCUT2D eigenvalue weighted by molar-refractivity contribution is 6.32. The maximum absolute atomic E-state index is 14.2. The normalized spacial score (nSPS) is 12.4. The lowest BCUT2D eigenvalue weighted by Gasteiger charge is -2.14. The zero-order valence-corrected chi connectivity index (χ0v) is 15.0. The number of nitrogens with zero attached hydrogens (tertiary/aromatic N) is 1. The maximum Gasteiger partial charge on any atom is 0.173 e. The second kappa shape index (κ2) is 6.94. The second-order valence-electron chi connectivity index (χ2n) is 6.25. The molecule has 0 unspecified atom stereocenters. The number of pyridine rings is 1. The van der Waals surface area contributed by atoms with E-state index >= 15 is 0 Å². The number of aldehydes is 1. The lowest BCUT2D eigenvalue weighted by Crippen LogP contribution is -2.08. The van der Waals surface area contributed by atoms with Gasteiger partial charge in [-0.3, -0.25) is 9.59 Å². The van der Waals surface area contributed by atoms with E-state index in [1.54, 1.807) is 18.2 Å². The van der Waals surface area contributed by atoms with E-state index in [9.17, 15) is 19.1 Å². The minimum Gasteiger partial charge on any atom is -0.506 e. The summed E-state index contributed by atoms with van der Waals surface area (Å²) in [5.41, 5.74) is 2.33. The van der Waals surface area contributed by atoms with Gasteiger partial charge in [-0.2, -0.15) is 0 Å². The first kappa shape index (κ1) is 17.9. The number of aromatic nitrogens is 1. The number of rotatable bonds is 3. The van der Waals surface area contributed by atoms with Gasteiger partial charge in [0.1, 0.15) is 23.7 Å². The number of ketones is 1. The molecule has 140 valence electrons. The molecule has 2 heterocycles. The number of Topliss-reactive ketones (excluding diaryl/α,β-unsaturated/α-hetero) is 1. The van der Waals surface area contributed by atoms with E-state index in [2.05, 4.69) is 15.6 Å². The lowest BCUT2D eigenvalue weighted by atomic mass is 10.0. The highest BCUT2D eigenvalue weighted by Gasteiger charge is 2.24. The van der Waals surface area contributed by atoms with E-state index in [0.29, 0.717) is 34.6 Å². The predicted octanol–water partition coefficient (Wildman–Crippen LogP) is 4.62. The molecule has 0 radical (unpaired) electrons. The van der Waals surface area contributed by atoms with Gasteiger partial charge in [0.15, 0.2) is 5.78 Å². The first-order chi connectivity index (χ1) is 13.5. The Hall–Kier alpha value is -3.45. The number of benzene rings is 2. The highest BCUT2D eigenvalue weighted by atomic mass is 35.5. The van der Waals surface area contributed by atoms with E-state index in [1.165, 1.54) is 12.3 Å². The Kier molecular flexibility index (Phi) is 4.44. The highest BCUT2D eigenvalue weighted by Crippen LogP contribution is 2.36. The van der Waals surface area contributed by atoms with Crippen molar-refractivity contribution in [3.8, 4) is 5.75 Å². The first-order valence-electron chi connectivity index (χ1n) is 8.28. The van der Waals surface area contributed by atoms with E-state index in [1.807, 2.05) is 0 Å². The van der Waals surface area contributed by atoms with Crippen LogP contribution in [0, 0.1) is 5.82 Å². The fraction of sp³-hybridized carbons (Fsp3) is 0.0500. The average Bonchev–Trinajstić information content (AvgIpc) is 2.81. The summed E-state index contributed by atoms with van der Waals surface area (Å²) in [6.07, 6.45) is 2.23. The Morgan fingerprint density at radius 3 is 2.82 bits per heavy atom. The number of fused-ring (bicyclic) bond motifs is 2. The Balaban J connectivity index is 1.77. The van der Waals surface area contributed by atoms with Crippen LogP contribution in [0.5, 0.6) is 5.75 Å². The summed E-state index contributed by atoms with van der Waals surface area (Å²) in [5.74, 6) is -0.907. The molecule has 0 atom stereocenters. The molecule has 2 aromatic carbocycles. The summed E-state index contributed by atoms with van der Waals surface area (Å²) < 4.78 is 14.2. The number of phenols is 1. The van der Waals surface area contributed by atoms with Crippen LogP contribution in [0.4, 0.5) is 27.3 Å². The SMILES string of the molecule is O=Cc1ccc2c(c1)CC(=O)c1c(Nc3cc(O)c(Cl)cc3F)ccnc1N2. The summed E-state index contributed by atoms with van der Waals surface area (Å²) in [4.78, 5) is 28.2. The van der Waals surface area contributed by atoms with Crippen molar-refractivity contribution in [2.75, 3.05) is 10.6 Å². The van der Waals surface area contributed by atoms with E-state index in [-0.39, 0.29) is 34.2 Å². The van der Waals surface area contributed by atoms with E-state index in [0.717, 1.165) is 12.1 Å². The van der Waals surface area contributed by atoms with Gasteiger partial charge in [-0.25, -0.2) is 9.37 Å². The largest absolute Gasteiger partial charge is 0.506 e. The fourth-order valence-electron chi connectivity index (χ4n) is 3.07. The molecule has 0 spiro atoms. The molecule has 1 aliphatic heterocycles.